The van der Waals surface area contributed by atoms with E-state index in [0.717, 1.165) is 35.6 Å². The third-order valence-electron chi connectivity index (χ3n) is 4.55. The van der Waals surface area contributed by atoms with Gasteiger partial charge in [-0.1, -0.05) is 53.5 Å². The summed E-state index contributed by atoms with van der Waals surface area (Å²) in [5.74, 6) is 0. The van der Waals surface area contributed by atoms with Crippen molar-refractivity contribution in [3.8, 4) is 0 Å². The number of hydrogen-bond donors (Lipinski definition) is 1. The monoisotopic (exact) mass is 391 g/mol. The van der Waals surface area contributed by atoms with E-state index in [9.17, 15) is 8.42 Å². The standard InChI is InChI=1S/C19H15Cl2NO2S/c20-15-8-3-9-16(19(15)21)22-25(23,24)17-11-10-13-5-1-4-12-6-2-7-14(17)18(12)13/h1,3-5,8-11,22H,2,6-7H2. The van der Waals surface area contributed by atoms with Crippen LogP contribution in [0.15, 0.2) is 53.4 Å². The third kappa shape index (κ3) is 2.88. The van der Waals surface area contributed by atoms with Crippen LogP contribution in [0, 0.1) is 0 Å². The van der Waals surface area contributed by atoms with Crippen molar-refractivity contribution in [2.24, 2.45) is 0 Å². The Balaban J connectivity index is 1.87. The highest BCUT2D eigenvalue weighted by Gasteiger charge is 2.24. The van der Waals surface area contributed by atoms with Gasteiger partial charge in [0.05, 0.1) is 20.6 Å². The first kappa shape index (κ1) is 16.7. The Morgan fingerprint density at radius 2 is 1.72 bits per heavy atom. The lowest BCUT2D eigenvalue weighted by molar-refractivity contribution is 0.599. The molecule has 1 aliphatic rings. The Labute approximate surface area is 156 Å². The summed E-state index contributed by atoms with van der Waals surface area (Å²) >= 11 is 12.1. The van der Waals surface area contributed by atoms with Crippen LogP contribution in [-0.2, 0) is 22.9 Å². The molecule has 0 atom stereocenters. The zero-order chi connectivity index (χ0) is 17.6. The van der Waals surface area contributed by atoms with Gasteiger partial charge in [-0.2, -0.15) is 0 Å². The number of nitrogens with one attached hydrogen (secondary N) is 1. The SMILES string of the molecule is O=S(=O)(Nc1cccc(Cl)c1Cl)c1ccc2cccc3c2c1CCC3. The summed E-state index contributed by atoms with van der Waals surface area (Å²) in [6.07, 6.45) is 2.66. The van der Waals surface area contributed by atoms with E-state index in [4.69, 9.17) is 23.2 Å². The molecule has 3 aromatic carbocycles. The number of halogens is 2. The predicted molar refractivity (Wildman–Crippen MR) is 103 cm³/mol. The van der Waals surface area contributed by atoms with Gasteiger partial charge in [-0.05, 0) is 59.4 Å². The fourth-order valence-corrected chi connectivity index (χ4v) is 5.21. The molecule has 3 aromatic rings. The first-order chi connectivity index (χ1) is 12.0. The van der Waals surface area contributed by atoms with Crippen LogP contribution in [0.2, 0.25) is 10.0 Å². The summed E-state index contributed by atoms with van der Waals surface area (Å²) in [5.41, 5.74) is 2.37. The molecular weight excluding hydrogens is 377 g/mol. The Morgan fingerprint density at radius 1 is 0.920 bits per heavy atom. The van der Waals surface area contributed by atoms with Crippen molar-refractivity contribution >= 4 is 49.7 Å². The molecule has 1 N–H and O–H groups in total. The van der Waals surface area contributed by atoms with Crippen LogP contribution < -0.4 is 4.72 Å². The smallest absolute Gasteiger partial charge is 0.262 e. The number of sulfonamides is 1. The summed E-state index contributed by atoms with van der Waals surface area (Å²) in [6, 6.07) is 14.5. The van der Waals surface area contributed by atoms with Gasteiger partial charge in [-0.3, -0.25) is 4.72 Å². The molecule has 0 fully saturated rings. The van der Waals surface area contributed by atoms with Gasteiger partial charge in [-0.25, -0.2) is 8.42 Å². The average molecular weight is 392 g/mol. The van der Waals surface area contributed by atoms with Crippen molar-refractivity contribution in [3.63, 3.8) is 0 Å². The van der Waals surface area contributed by atoms with E-state index in [2.05, 4.69) is 10.8 Å². The minimum Gasteiger partial charge on any atom is -0.278 e. The Morgan fingerprint density at radius 3 is 2.56 bits per heavy atom. The first-order valence-corrected chi connectivity index (χ1v) is 10.2. The van der Waals surface area contributed by atoms with Crippen LogP contribution in [0.3, 0.4) is 0 Å². The van der Waals surface area contributed by atoms with Gasteiger partial charge in [0, 0.05) is 0 Å². The zero-order valence-electron chi connectivity index (χ0n) is 13.2. The van der Waals surface area contributed by atoms with Crippen molar-refractivity contribution in [3.05, 3.63) is 69.7 Å². The summed E-state index contributed by atoms with van der Waals surface area (Å²) < 4.78 is 28.6. The predicted octanol–water partition coefficient (Wildman–Crippen LogP) is 5.44. The van der Waals surface area contributed by atoms with Crippen LogP contribution in [0.25, 0.3) is 10.8 Å². The molecule has 25 heavy (non-hydrogen) atoms. The van der Waals surface area contributed by atoms with E-state index in [1.165, 1.54) is 5.56 Å². The number of rotatable bonds is 3. The molecule has 0 aromatic heterocycles. The van der Waals surface area contributed by atoms with Gasteiger partial charge in [0.1, 0.15) is 0 Å². The van der Waals surface area contributed by atoms with Crippen molar-refractivity contribution in [2.45, 2.75) is 24.2 Å². The van der Waals surface area contributed by atoms with Gasteiger partial charge in [0.25, 0.3) is 10.0 Å². The van der Waals surface area contributed by atoms with E-state index >= 15 is 0 Å². The summed E-state index contributed by atoms with van der Waals surface area (Å²) in [4.78, 5) is 0.309. The van der Waals surface area contributed by atoms with Crippen molar-refractivity contribution in [1.29, 1.82) is 0 Å². The second-order valence-corrected chi connectivity index (χ2v) is 8.55. The van der Waals surface area contributed by atoms with E-state index in [0.29, 0.717) is 9.92 Å². The number of aryl methyl sites for hydroxylation is 2. The number of benzene rings is 3. The molecule has 0 amide bonds. The molecule has 4 rings (SSSR count). The van der Waals surface area contributed by atoms with Gasteiger partial charge in [0.2, 0.25) is 0 Å². The van der Waals surface area contributed by atoms with Crippen LogP contribution in [0.1, 0.15) is 17.5 Å². The Kier molecular flexibility index (Phi) is 4.14. The molecule has 0 aliphatic heterocycles. The normalized spacial score (nSPS) is 13.8. The molecule has 0 bridgehead atoms. The summed E-state index contributed by atoms with van der Waals surface area (Å²) in [7, 11) is -3.76. The second kappa shape index (κ2) is 6.20. The first-order valence-electron chi connectivity index (χ1n) is 7.98. The quantitative estimate of drug-likeness (QED) is 0.646. The van der Waals surface area contributed by atoms with Crippen LogP contribution in [0.5, 0.6) is 0 Å². The largest absolute Gasteiger partial charge is 0.278 e. The minimum absolute atomic E-state index is 0.197. The number of hydrogen-bond acceptors (Lipinski definition) is 2. The molecule has 1 aliphatic carbocycles. The van der Waals surface area contributed by atoms with Gasteiger partial charge >= 0.3 is 0 Å². The molecule has 128 valence electrons. The molecule has 0 unspecified atom stereocenters. The second-order valence-electron chi connectivity index (χ2n) is 6.12. The van der Waals surface area contributed by atoms with E-state index in [1.807, 2.05) is 18.2 Å². The Hall–Kier alpha value is -1.75. The van der Waals surface area contributed by atoms with Crippen molar-refractivity contribution in [1.82, 2.24) is 0 Å². The molecule has 0 spiro atoms. The van der Waals surface area contributed by atoms with Crippen molar-refractivity contribution < 1.29 is 8.42 Å². The lowest BCUT2D eigenvalue weighted by Gasteiger charge is -2.21. The molecule has 0 heterocycles. The summed E-state index contributed by atoms with van der Waals surface area (Å²) in [5, 5.41) is 2.65. The molecule has 0 radical (unpaired) electrons. The number of anilines is 1. The molecule has 3 nitrogen and oxygen atoms in total. The minimum atomic E-state index is -3.76. The maximum Gasteiger partial charge on any atom is 0.262 e. The lowest BCUT2D eigenvalue weighted by Crippen LogP contribution is -2.17. The maximum atomic E-state index is 13.0. The molecular formula is C19H15Cl2NO2S. The van der Waals surface area contributed by atoms with E-state index in [-0.39, 0.29) is 10.7 Å². The zero-order valence-corrected chi connectivity index (χ0v) is 15.5. The lowest BCUT2D eigenvalue weighted by atomic mass is 9.89. The fraction of sp³-hybridized carbons (Fsp3) is 0.158. The van der Waals surface area contributed by atoms with Crippen LogP contribution >= 0.6 is 23.2 Å². The fourth-order valence-electron chi connectivity index (χ4n) is 3.46. The van der Waals surface area contributed by atoms with Crippen LogP contribution in [0.4, 0.5) is 5.69 Å². The average Bonchev–Trinajstić information content (AvgIpc) is 2.59. The highest BCUT2D eigenvalue weighted by Crippen LogP contribution is 2.36. The van der Waals surface area contributed by atoms with Gasteiger partial charge in [-0.15, -0.1) is 0 Å². The molecule has 6 heteroatoms. The maximum absolute atomic E-state index is 13.0. The third-order valence-corrected chi connectivity index (χ3v) is 6.82. The van der Waals surface area contributed by atoms with E-state index < -0.39 is 10.0 Å². The summed E-state index contributed by atoms with van der Waals surface area (Å²) in [6.45, 7) is 0. The Bertz CT molecular complexity index is 1090. The molecule has 0 saturated heterocycles. The van der Waals surface area contributed by atoms with Crippen molar-refractivity contribution in [2.75, 3.05) is 4.72 Å². The molecule has 0 saturated carbocycles. The van der Waals surface area contributed by atoms with Gasteiger partial charge < -0.3 is 0 Å². The van der Waals surface area contributed by atoms with Gasteiger partial charge in [0.15, 0.2) is 0 Å². The highest BCUT2D eigenvalue weighted by molar-refractivity contribution is 7.92. The topological polar surface area (TPSA) is 46.2 Å². The van der Waals surface area contributed by atoms with E-state index in [1.54, 1.807) is 24.3 Å². The highest BCUT2D eigenvalue weighted by atomic mass is 35.5. The van der Waals surface area contributed by atoms with Crippen LogP contribution in [-0.4, -0.2) is 8.42 Å².